The first-order valence-electron chi connectivity index (χ1n) is 11.4. The summed E-state index contributed by atoms with van der Waals surface area (Å²) in [6, 6.07) is 2.50. The summed E-state index contributed by atoms with van der Waals surface area (Å²) in [5.74, 6) is -0.855. The number of piperidine rings is 1. The Labute approximate surface area is 194 Å². The summed E-state index contributed by atoms with van der Waals surface area (Å²) in [4.78, 5) is 32.2. The van der Waals surface area contributed by atoms with Crippen LogP contribution in [0.2, 0.25) is 0 Å². The standard InChI is InChI=1S/C25H32N2O6/c1-18-9-8-11-27(16-18)23(30)17-33-26-20-10-6-4-2-3-5-7-12-32-25(31)24-19(13-20)14-21(28)15-22(24)29/h3,5-6,10,14-15,18,28-29H,2,4,7-9,11-13,16-17H2,1H3/b5-3+,10-6+,26-20+. The third-order valence-electron chi connectivity index (χ3n) is 5.63. The number of nitrogens with zero attached hydrogens (tertiary/aromatic N) is 2. The van der Waals surface area contributed by atoms with Crippen molar-refractivity contribution in [1.82, 2.24) is 4.90 Å². The number of carbonyl (C=O) groups excluding carboxylic acids is 2. The number of phenols is 2. The molecule has 0 radical (unpaired) electrons. The van der Waals surface area contributed by atoms with E-state index in [0.717, 1.165) is 44.8 Å². The number of amides is 1. The second-order valence-corrected chi connectivity index (χ2v) is 8.49. The molecule has 3 rings (SSSR count). The number of ether oxygens (including phenoxy) is 1. The first kappa shape index (κ1) is 24.4. The van der Waals surface area contributed by atoms with Gasteiger partial charge < -0.3 is 24.7 Å². The van der Waals surface area contributed by atoms with E-state index in [1.54, 1.807) is 11.0 Å². The molecule has 1 amide bonds. The summed E-state index contributed by atoms with van der Waals surface area (Å²) < 4.78 is 5.29. The lowest BCUT2D eigenvalue weighted by Gasteiger charge is -2.30. The monoisotopic (exact) mass is 456 g/mol. The average molecular weight is 457 g/mol. The second kappa shape index (κ2) is 12.1. The molecule has 0 saturated carbocycles. The molecule has 1 atom stereocenters. The van der Waals surface area contributed by atoms with Gasteiger partial charge in [0.05, 0.1) is 12.3 Å². The minimum absolute atomic E-state index is 0.0201. The molecule has 1 saturated heterocycles. The fourth-order valence-corrected chi connectivity index (χ4v) is 3.98. The molecule has 0 aliphatic carbocycles. The summed E-state index contributed by atoms with van der Waals surface area (Å²) in [5, 5.41) is 24.4. The van der Waals surface area contributed by atoms with Crippen LogP contribution >= 0.6 is 0 Å². The van der Waals surface area contributed by atoms with Crippen LogP contribution in [0.3, 0.4) is 0 Å². The molecule has 33 heavy (non-hydrogen) atoms. The Morgan fingerprint density at radius 3 is 2.82 bits per heavy atom. The first-order chi connectivity index (χ1) is 15.9. The molecule has 2 heterocycles. The van der Waals surface area contributed by atoms with Crippen molar-refractivity contribution in [3.63, 3.8) is 0 Å². The number of fused-ring (bicyclic) bond motifs is 1. The molecule has 2 N–H and O–H groups in total. The van der Waals surface area contributed by atoms with Crippen LogP contribution in [-0.2, 0) is 20.8 Å². The number of rotatable bonds is 3. The third kappa shape index (κ3) is 7.37. The first-order valence-corrected chi connectivity index (χ1v) is 11.4. The maximum absolute atomic E-state index is 12.6. The average Bonchev–Trinajstić information content (AvgIpc) is 2.76. The Kier molecular flexibility index (Phi) is 8.92. The summed E-state index contributed by atoms with van der Waals surface area (Å²) in [6.45, 7) is 3.59. The molecule has 178 valence electrons. The highest BCUT2D eigenvalue weighted by atomic mass is 16.6. The molecule has 8 heteroatoms. The van der Waals surface area contributed by atoms with Crippen molar-refractivity contribution >= 4 is 17.6 Å². The van der Waals surface area contributed by atoms with Gasteiger partial charge in [-0.25, -0.2) is 4.79 Å². The van der Waals surface area contributed by atoms with E-state index in [0.29, 0.717) is 23.6 Å². The lowest BCUT2D eigenvalue weighted by Crippen LogP contribution is -2.40. The van der Waals surface area contributed by atoms with Crippen LogP contribution in [0.4, 0.5) is 0 Å². The molecule has 1 unspecified atom stereocenters. The van der Waals surface area contributed by atoms with E-state index in [4.69, 9.17) is 9.57 Å². The van der Waals surface area contributed by atoms with Gasteiger partial charge in [0.15, 0.2) is 6.61 Å². The Morgan fingerprint density at radius 1 is 1.21 bits per heavy atom. The molecule has 0 bridgehead atoms. The summed E-state index contributed by atoms with van der Waals surface area (Å²) >= 11 is 0. The third-order valence-corrected chi connectivity index (χ3v) is 5.63. The number of cyclic esters (lactones) is 1. The van der Waals surface area contributed by atoms with E-state index in [-0.39, 0.29) is 42.6 Å². The SMILES string of the molecule is CC1CCCN(C(=O)CO/N=C2\C=C\CC/C=C/CCOC(=O)c3c(O)cc(O)cc3C2)C1. The van der Waals surface area contributed by atoms with Gasteiger partial charge in [-0.1, -0.05) is 30.3 Å². The van der Waals surface area contributed by atoms with Crippen molar-refractivity contribution in [2.45, 2.75) is 45.4 Å². The van der Waals surface area contributed by atoms with Gasteiger partial charge in [0.2, 0.25) is 0 Å². The van der Waals surface area contributed by atoms with Crippen molar-refractivity contribution in [3.8, 4) is 11.5 Å². The molecule has 2 aliphatic rings. The van der Waals surface area contributed by atoms with Gasteiger partial charge in [0, 0.05) is 25.6 Å². The summed E-state index contributed by atoms with van der Waals surface area (Å²) in [5.41, 5.74) is 0.788. The fourth-order valence-electron chi connectivity index (χ4n) is 3.98. The number of hydrogen-bond donors (Lipinski definition) is 2. The van der Waals surface area contributed by atoms with Crippen molar-refractivity contribution in [1.29, 1.82) is 0 Å². The zero-order valence-electron chi connectivity index (χ0n) is 19.0. The van der Waals surface area contributed by atoms with E-state index in [2.05, 4.69) is 12.1 Å². The highest BCUT2D eigenvalue weighted by molar-refractivity contribution is 6.00. The number of phenolic OH excluding ortho intramolecular Hbond substituents is 2. The van der Waals surface area contributed by atoms with Crippen LogP contribution < -0.4 is 0 Å². The maximum Gasteiger partial charge on any atom is 0.342 e. The van der Waals surface area contributed by atoms with Crippen molar-refractivity contribution < 1.29 is 29.4 Å². The highest BCUT2D eigenvalue weighted by Crippen LogP contribution is 2.29. The predicted molar refractivity (Wildman–Crippen MR) is 124 cm³/mol. The minimum atomic E-state index is -0.674. The van der Waals surface area contributed by atoms with E-state index in [1.165, 1.54) is 6.07 Å². The Bertz CT molecular complexity index is 937. The summed E-state index contributed by atoms with van der Waals surface area (Å²) in [7, 11) is 0. The number of allylic oxidation sites excluding steroid dienone is 3. The van der Waals surface area contributed by atoms with E-state index in [1.807, 2.05) is 18.2 Å². The fraction of sp³-hybridized carbons (Fsp3) is 0.480. The molecular weight excluding hydrogens is 424 g/mol. The molecule has 1 aromatic rings. The van der Waals surface area contributed by atoms with Crippen molar-refractivity contribution in [2.75, 3.05) is 26.3 Å². The molecule has 0 spiro atoms. The van der Waals surface area contributed by atoms with Crippen LogP contribution in [0.15, 0.2) is 41.6 Å². The normalized spacial score (nSPS) is 23.2. The van der Waals surface area contributed by atoms with Gasteiger partial charge >= 0.3 is 5.97 Å². The molecule has 1 fully saturated rings. The van der Waals surface area contributed by atoms with E-state index < -0.39 is 5.97 Å². The molecular formula is C25H32N2O6. The van der Waals surface area contributed by atoms with Gasteiger partial charge in [-0.2, -0.15) is 0 Å². The van der Waals surface area contributed by atoms with Crippen LogP contribution in [0.5, 0.6) is 11.5 Å². The molecule has 1 aromatic carbocycles. The molecule has 0 aromatic heterocycles. The molecule has 2 aliphatic heterocycles. The van der Waals surface area contributed by atoms with Crippen molar-refractivity contribution in [2.24, 2.45) is 11.1 Å². The van der Waals surface area contributed by atoms with Gasteiger partial charge in [-0.15, -0.1) is 0 Å². The van der Waals surface area contributed by atoms with Crippen LogP contribution in [0.25, 0.3) is 0 Å². The van der Waals surface area contributed by atoms with E-state index in [9.17, 15) is 19.8 Å². The maximum atomic E-state index is 12.6. The number of oxime groups is 1. The van der Waals surface area contributed by atoms with E-state index >= 15 is 0 Å². The Balaban J connectivity index is 1.79. The molecule has 8 nitrogen and oxygen atoms in total. The number of aromatic hydroxyl groups is 2. The highest BCUT2D eigenvalue weighted by Gasteiger charge is 2.22. The smallest absolute Gasteiger partial charge is 0.342 e. The van der Waals surface area contributed by atoms with Crippen molar-refractivity contribution in [3.05, 3.63) is 47.6 Å². The number of esters is 1. The number of likely N-dealkylation sites (tertiary alicyclic amines) is 1. The number of benzene rings is 1. The van der Waals surface area contributed by atoms with Gasteiger partial charge in [-0.3, -0.25) is 4.79 Å². The minimum Gasteiger partial charge on any atom is -0.508 e. The lowest BCUT2D eigenvalue weighted by molar-refractivity contribution is -0.137. The Hall–Kier alpha value is -3.29. The van der Waals surface area contributed by atoms with Crippen LogP contribution in [0.1, 0.15) is 54.9 Å². The Morgan fingerprint density at radius 2 is 2.00 bits per heavy atom. The topological polar surface area (TPSA) is 109 Å². The van der Waals surface area contributed by atoms with Gasteiger partial charge in [0.25, 0.3) is 5.91 Å². The number of hydrogen-bond acceptors (Lipinski definition) is 7. The second-order valence-electron chi connectivity index (χ2n) is 8.49. The van der Waals surface area contributed by atoms with Gasteiger partial charge in [0.1, 0.15) is 17.1 Å². The summed E-state index contributed by atoms with van der Waals surface area (Å²) in [6.07, 6.45) is 12.0. The predicted octanol–water partition coefficient (Wildman–Crippen LogP) is 3.72. The lowest BCUT2D eigenvalue weighted by atomic mass is 9.99. The van der Waals surface area contributed by atoms with Crippen LogP contribution in [0, 0.1) is 5.92 Å². The zero-order valence-corrected chi connectivity index (χ0v) is 19.0. The number of carbonyl (C=O) groups is 2. The quantitative estimate of drug-likeness (QED) is 0.408. The largest absolute Gasteiger partial charge is 0.508 e. The van der Waals surface area contributed by atoms with Gasteiger partial charge in [-0.05, 0) is 55.7 Å². The zero-order chi connectivity index (χ0) is 23.6. The van der Waals surface area contributed by atoms with Crippen LogP contribution in [-0.4, -0.2) is 59.0 Å².